The first kappa shape index (κ1) is 23.7. The quantitative estimate of drug-likeness (QED) is 0.215. The Hall–Kier alpha value is -0.259. The summed E-state index contributed by atoms with van der Waals surface area (Å²) in [6.07, 6.45) is 0.839. The van der Waals surface area contributed by atoms with Crippen molar-refractivity contribution in [1.29, 1.82) is 0 Å². The van der Waals surface area contributed by atoms with Crippen LogP contribution in [0.25, 0.3) is 0 Å². The van der Waals surface area contributed by atoms with Crippen molar-refractivity contribution in [2.45, 2.75) is 64.2 Å². The Kier molecular flexibility index (Phi) is 9.92. The van der Waals surface area contributed by atoms with Gasteiger partial charge in [-0.2, -0.15) is 0 Å². The Morgan fingerprint density at radius 1 is 0.917 bits per heavy atom. The Bertz CT molecular complexity index is 420. The summed E-state index contributed by atoms with van der Waals surface area (Å²) in [5.74, 6) is -0.312. The third kappa shape index (κ3) is 9.90. The van der Waals surface area contributed by atoms with E-state index < -0.39 is 25.2 Å². The average molecular weight is 393 g/mol. The van der Waals surface area contributed by atoms with Crippen molar-refractivity contribution in [1.82, 2.24) is 0 Å². The minimum absolute atomic E-state index is 0.312. The lowest BCUT2D eigenvalue weighted by Crippen LogP contribution is -2.46. The maximum Gasteiger partial charge on any atom is 0.334 e. The van der Waals surface area contributed by atoms with Crippen LogP contribution in [0.4, 0.5) is 0 Å². The van der Waals surface area contributed by atoms with Crippen LogP contribution in [-0.2, 0) is 22.5 Å². The number of ether oxygens (including phenoxy) is 1. The van der Waals surface area contributed by atoms with E-state index in [0.29, 0.717) is 12.2 Å². The topological polar surface area (TPSA) is 54.0 Å². The largest absolute Gasteiger partial charge is 0.462 e. The summed E-state index contributed by atoms with van der Waals surface area (Å²) in [7, 11) is -2.11. The Balaban J connectivity index is 4.35. The Labute approximate surface area is 151 Å². The van der Waals surface area contributed by atoms with Crippen molar-refractivity contribution in [2.75, 3.05) is 20.8 Å². The van der Waals surface area contributed by atoms with Gasteiger partial charge in [-0.1, -0.05) is 6.58 Å². The van der Waals surface area contributed by atoms with E-state index in [1.54, 1.807) is 21.1 Å². The van der Waals surface area contributed by atoms with Gasteiger partial charge in [0.25, 0.3) is 0 Å². The van der Waals surface area contributed by atoms with Crippen LogP contribution in [0.5, 0.6) is 0 Å². The van der Waals surface area contributed by atoms with Gasteiger partial charge in [-0.05, 0) is 64.2 Å². The van der Waals surface area contributed by atoms with Crippen LogP contribution in [0.15, 0.2) is 12.2 Å². The summed E-state index contributed by atoms with van der Waals surface area (Å²) < 4.78 is 22.9. The SMILES string of the molecule is C=C(C)C(=O)OCCC[Si](C)(C)O[Si](C)(C)CC[Si](C)(OC)OC. The molecular weight excluding hydrogens is 356 g/mol. The van der Waals surface area contributed by atoms with Crippen molar-refractivity contribution in [3.63, 3.8) is 0 Å². The van der Waals surface area contributed by atoms with Crippen LogP contribution in [-0.4, -0.2) is 52.0 Å². The summed E-state index contributed by atoms with van der Waals surface area (Å²) >= 11 is 0. The molecule has 0 heterocycles. The van der Waals surface area contributed by atoms with Gasteiger partial charge in [-0.25, -0.2) is 4.79 Å². The second kappa shape index (κ2) is 10.0. The Morgan fingerprint density at radius 2 is 1.42 bits per heavy atom. The smallest absolute Gasteiger partial charge is 0.334 e. The zero-order valence-electron chi connectivity index (χ0n) is 16.8. The van der Waals surface area contributed by atoms with Crippen LogP contribution in [0.3, 0.4) is 0 Å². The molecule has 0 bridgehead atoms. The molecule has 0 aromatic rings. The van der Waals surface area contributed by atoms with E-state index >= 15 is 0 Å². The fourth-order valence-corrected chi connectivity index (χ4v) is 15.0. The average Bonchev–Trinajstić information content (AvgIpc) is 2.48. The molecule has 0 spiro atoms. The summed E-state index contributed by atoms with van der Waals surface area (Å²) in [5.41, 5.74) is 0.444. The van der Waals surface area contributed by atoms with Crippen LogP contribution >= 0.6 is 0 Å². The lowest BCUT2D eigenvalue weighted by molar-refractivity contribution is -0.138. The van der Waals surface area contributed by atoms with E-state index in [4.69, 9.17) is 17.7 Å². The standard InChI is InChI=1S/C16H36O5Si3/c1-15(2)16(17)20-11-10-12-22(5,6)21-23(7,8)13-14-24(9,18-3)19-4/h1,10-14H2,2-9H3. The minimum atomic E-state index is -2.03. The highest BCUT2D eigenvalue weighted by Crippen LogP contribution is 2.27. The first-order valence-electron chi connectivity index (χ1n) is 8.49. The number of hydrogen-bond acceptors (Lipinski definition) is 5. The van der Waals surface area contributed by atoms with E-state index in [1.807, 2.05) is 0 Å². The molecule has 0 aliphatic rings. The van der Waals surface area contributed by atoms with Gasteiger partial charge >= 0.3 is 14.5 Å². The molecule has 0 aliphatic heterocycles. The van der Waals surface area contributed by atoms with Gasteiger partial charge in [-0.3, -0.25) is 0 Å². The predicted molar refractivity (Wildman–Crippen MR) is 106 cm³/mol. The molecule has 5 nitrogen and oxygen atoms in total. The van der Waals surface area contributed by atoms with E-state index in [-0.39, 0.29) is 5.97 Å². The highest BCUT2D eigenvalue weighted by Gasteiger charge is 2.37. The highest BCUT2D eigenvalue weighted by atomic mass is 28.4. The van der Waals surface area contributed by atoms with Crippen LogP contribution in [0.2, 0.25) is 50.9 Å². The minimum Gasteiger partial charge on any atom is -0.462 e. The van der Waals surface area contributed by atoms with Gasteiger partial charge in [0, 0.05) is 19.8 Å². The predicted octanol–water partition coefficient (Wildman–Crippen LogP) is 4.29. The van der Waals surface area contributed by atoms with Crippen molar-refractivity contribution in [3.05, 3.63) is 12.2 Å². The molecule has 0 rings (SSSR count). The number of rotatable bonds is 12. The molecule has 142 valence electrons. The summed E-state index contributed by atoms with van der Waals surface area (Å²) in [6, 6.07) is 2.98. The highest BCUT2D eigenvalue weighted by molar-refractivity contribution is 6.85. The molecule has 0 radical (unpaired) electrons. The maximum absolute atomic E-state index is 11.4. The lowest BCUT2D eigenvalue weighted by Gasteiger charge is -2.35. The summed E-state index contributed by atoms with van der Waals surface area (Å²) in [6.45, 7) is 16.8. The van der Waals surface area contributed by atoms with Crippen molar-refractivity contribution in [2.24, 2.45) is 0 Å². The van der Waals surface area contributed by atoms with Gasteiger partial charge in [0.05, 0.1) is 6.61 Å². The molecule has 0 aliphatic carbocycles. The molecule has 8 heteroatoms. The van der Waals surface area contributed by atoms with Crippen molar-refractivity contribution >= 4 is 31.2 Å². The van der Waals surface area contributed by atoms with E-state index in [1.165, 1.54) is 0 Å². The molecule has 0 saturated carbocycles. The van der Waals surface area contributed by atoms with Crippen molar-refractivity contribution < 1.29 is 22.5 Å². The molecule has 0 aromatic heterocycles. The van der Waals surface area contributed by atoms with E-state index in [0.717, 1.165) is 24.6 Å². The first-order chi connectivity index (χ1) is 10.9. The third-order valence-corrected chi connectivity index (χ3v) is 14.9. The van der Waals surface area contributed by atoms with Crippen molar-refractivity contribution in [3.8, 4) is 0 Å². The van der Waals surface area contributed by atoms with Crippen LogP contribution in [0.1, 0.15) is 13.3 Å². The monoisotopic (exact) mass is 392 g/mol. The van der Waals surface area contributed by atoms with Gasteiger partial charge in [0.15, 0.2) is 16.6 Å². The fraction of sp³-hybridized carbons (Fsp3) is 0.812. The van der Waals surface area contributed by atoms with E-state index in [2.05, 4.69) is 39.3 Å². The number of esters is 1. The Morgan fingerprint density at radius 3 is 1.88 bits per heavy atom. The molecule has 0 N–H and O–H groups in total. The molecule has 0 aromatic carbocycles. The molecular formula is C16H36O5Si3. The zero-order chi connectivity index (χ0) is 19.0. The summed E-state index contributed by atoms with van der Waals surface area (Å²) in [5, 5.41) is 0. The number of carbonyl (C=O) groups is 1. The molecule has 0 unspecified atom stereocenters. The number of carbonyl (C=O) groups excluding carboxylic acids is 1. The second-order valence-electron chi connectivity index (χ2n) is 7.68. The van der Waals surface area contributed by atoms with Gasteiger partial charge in [0.2, 0.25) is 0 Å². The van der Waals surface area contributed by atoms with Gasteiger partial charge < -0.3 is 17.7 Å². The molecule has 0 fully saturated rings. The summed E-state index contributed by atoms with van der Waals surface area (Å²) in [4.78, 5) is 11.4. The normalized spacial score (nSPS) is 13.0. The number of hydrogen-bond donors (Lipinski definition) is 0. The third-order valence-electron chi connectivity index (χ3n) is 4.10. The van der Waals surface area contributed by atoms with Crippen LogP contribution < -0.4 is 0 Å². The molecule has 24 heavy (non-hydrogen) atoms. The lowest BCUT2D eigenvalue weighted by atomic mass is 10.4. The maximum atomic E-state index is 11.4. The van der Waals surface area contributed by atoms with E-state index in [9.17, 15) is 4.79 Å². The van der Waals surface area contributed by atoms with Crippen LogP contribution in [0, 0.1) is 0 Å². The van der Waals surface area contributed by atoms with Gasteiger partial charge in [0.1, 0.15) is 0 Å². The second-order valence-corrected chi connectivity index (χ2v) is 20.1. The zero-order valence-corrected chi connectivity index (χ0v) is 19.8. The fourth-order valence-electron chi connectivity index (χ4n) is 2.45. The molecule has 0 saturated heterocycles. The van der Waals surface area contributed by atoms with Gasteiger partial charge in [-0.15, -0.1) is 0 Å². The first-order valence-corrected chi connectivity index (χ1v) is 17.2. The molecule has 0 atom stereocenters. The molecule has 0 amide bonds.